The molecule has 0 aliphatic carbocycles. The molecule has 0 spiro atoms. The number of rotatable bonds is 4. The highest BCUT2D eigenvalue weighted by Crippen LogP contribution is 2.35. The maximum Gasteiger partial charge on any atom is 0.416 e. The monoisotopic (exact) mass is 407 g/mol. The summed E-state index contributed by atoms with van der Waals surface area (Å²) in [6.07, 6.45) is -4.49. The number of ether oxygens (including phenoxy) is 1. The van der Waals surface area contributed by atoms with E-state index in [0.29, 0.717) is 32.0 Å². The number of nitrogens with one attached hydrogen (secondary N) is 2. The van der Waals surface area contributed by atoms with Crippen molar-refractivity contribution in [1.82, 2.24) is 5.32 Å². The van der Waals surface area contributed by atoms with Crippen LogP contribution < -0.4 is 15.5 Å². The molecule has 8 heteroatoms. The Morgan fingerprint density at radius 1 is 1.10 bits per heavy atom. The van der Waals surface area contributed by atoms with Crippen molar-refractivity contribution in [3.8, 4) is 0 Å². The number of aryl methyl sites for hydroxylation is 2. The Bertz CT molecular complexity index is 878. The number of anilines is 2. The van der Waals surface area contributed by atoms with E-state index >= 15 is 0 Å². The highest BCUT2D eigenvalue weighted by molar-refractivity contribution is 5.93. The van der Waals surface area contributed by atoms with Crippen LogP contribution in [-0.2, 0) is 17.5 Å². The summed E-state index contributed by atoms with van der Waals surface area (Å²) in [5.74, 6) is 0. The first-order valence-electron chi connectivity index (χ1n) is 9.39. The van der Waals surface area contributed by atoms with Crippen molar-refractivity contribution in [3.63, 3.8) is 0 Å². The molecular weight excluding hydrogens is 383 g/mol. The summed E-state index contributed by atoms with van der Waals surface area (Å²) < 4.78 is 44.8. The van der Waals surface area contributed by atoms with Crippen molar-refractivity contribution < 1.29 is 22.7 Å². The van der Waals surface area contributed by atoms with E-state index in [0.717, 1.165) is 28.8 Å². The summed E-state index contributed by atoms with van der Waals surface area (Å²) in [4.78, 5) is 14.3. The molecule has 2 aromatic carbocycles. The number of urea groups is 1. The number of hydrogen-bond acceptors (Lipinski definition) is 3. The van der Waals surface area contributed by atoms with Gasteiger partial charge in [-0.1, -0.05) is 23.8 Å². The summed E-state index contributed by atoms with van der Waals surface area (Å²) in [5.41, 5.74) is 2.97. The van der Waals surface area contributed by atoms with Crippen molar-refractivity contribution in [2.75, 3.05) is 36.5 Å². The SMILES string of the molecule is Cc1ccc(CNC(=O)Nc2cc(C(F)(F)F)ccc2N2CCOCC2)c(C)c1. The fraction of sp³-hybridized carbons (Fsp3) is 0.381. The van der Waals surface area contributed by atoms with E-state index in [-0.39, 0.29) is 12.2 Å². The van der Waals surface area contributed by atoms with E-state index in [1.807, 2.05) is 36.9 Å². The molecule has 1 aliphatic rings. The zero-order valence-electron chi connectivity index (χ0n) is 16.4. The molecule has 2 amide bonds. The number of amides is 2. The summed E-state index contributed by atoms with van der Waals surface area (Å²) in [6, 6.07) is 8.73. The van der Waals surface area contributed by atoms with Gasteiger partial charge in [0.2, 0.25) is 0 Å². The number of carbonyl (C=O) groups excluding carboxylic acids is 1. The predicted molar refractivity (Wildman–Crippen MR) is 106 cm³/mol. The highest BCUT2D eigenvalue weighted by atomic mass is 19.4. The van der Waals surface area contributed by atoms with Crippen molar-refractivity contribution in [2.24, 2.45) is 0 Å². The van der Waals surface area contributed by atoms with Crippen LogP contribution in [0.2, 0.25) is 0 Å². The smallest absolute Gasteiger partial charge is 0.378 e. The van der Waals surface area contributed by atoms with E-state index in [1.165, 1.54) is 6.07 Å². The van der Waals surface area contributed by atoms with E-state index < -0.39 is 17.8 Å². The molecule has 1 heterocycles. The van der Waals surface area contributed by atoms with Gasteiger partial charge in [-0.3, -0.25) is 0 Å². The van der Waals surface area contributed by atoms with Crippen LogP contribution in [0.15, 0.2) is 36.4 Å². The second kappa shape index (κ2) is 8.73. The quantitative estimate of drug-likeness (QED) is 0.786. The summed E-state index contributed by atoms with van der Waals surface area (Å²) in [6.45, 7) is 6.28. The Kier molecular flexibility index (Phi) is 6.32. The van der Waals surface area contributed by atoms with Gasteiger partial charge in [-0.2, -0.15) is 13.2 Å². The number of hydrogen-bond donors (Lipinski definition) is 2. The molecule has 1 saturated heterocycles. The Morgan fingerprint density at radius 3 is 2.48 bits per heavy atom. The van der Waals surface area contributed by atoms with Crippen molar-refractivity contribution >= 4 is 17.4 Å². The van der Waals surface area contributed by atoms with Crippen LogP contribution in [0.4, 0.5) is 29.3 Å². The maximum absolute atomic E-state index is 13.2. The van der Waals surface area contributed by atoms with Gasteiger partial charge in [0, 0.05) is 19.6 Å². The summed E-state index contributed by atoms with van der Waals surface area (Å²) >= 11 is 0. The molecular formula is C21H24F3N3O2. The predicted octanol–water partition coefficient (Wildman–Crippen LogP) is 4.48. The Hall–Kier alpha value is -2.74. The first-order chi connectivity index (χ1) is 13.7. The minimum atomic E-state index is -4.49. The van der Waals surface area contributed by atoms with E-state index in [1.54, 1.807) is 0 Å². The maximum atomic E-state index is 13.2. The average molecular weight is 407 g/mol. The molecule has 156 valence electrons. The van der Waals surface area contributed by atoms with Gasteiger partial charge >= 0.3 is 12.2 Å². The molecule has 0 aromatic heterocycles. The number of carbonyl (C=O) groups is 1. The minimum absolute atomic E-state index is 0.125. The van der Waals surface area contributed by atoms with Crippen LogP contribution in [-0.4, -0.2) is 32.3 Å². The first-order valence-corrected chi connectivity index (χ1v) is 9.39. The van der Waals surface area contributed by atoms with Gasteiger partial charge in [0.1, 0.15) is 0 Å². The van der Waals surface area contributed by atoms with Crippen molar-refractivity contribution in [2.45, 2.75) is 26.6 Å². The summed E-state index contributed by atoms with van der Waals surface area (Å²) in [7, 11) is 0. The molecule has 0 radical (unpaired) electrons. The van der Waals surface area contributed by atoms with Gasteiger partial charge in [0.25, 0.3) is 0 Å². The van der Waals surface area contributed by atoms with Crippen LogP contribution in [0.25, 0.3) is 0 Å². The van der Waals surface area contributed by atoms with Gasteiger partial charge < -0.3 is 20.3 Å². The number of morpholine rings is 1. The summed E-state index contributed by atoms with van der Waals surface area (Å²) in [5, 5.41) is 5.31. The van der Waals surface area contributed by atoms with E-state index in [2.05, 4.69) is 10.6 Å². The lowest BCUT2D eigenvalue weighted by Crippen LogP contribution is -2.37. The van der Waals surface area contributed by atoms with Crippen molar-refractivity contribution in [3.05, 3.63) is 58.7 Å². The second-order valence-corrected chi connectivity index (χ2v) is 7.07. The zero-order chi connectivity index (χ0) is 21.0. The normalized spacial score (nSPS) is 14.6. The zero-order valence-corrected chi connectivity index (χ0v) is 16.4. The third-order valence-corrected chi connectivity index (χ3v) is 4.86. The topological polar surface area (TPSA) is 53.6 Å². The fourth-order valence-corrected chi connectivity index (χ4v) is 3.28. The molecule has 0 atom stereocenters. The van der Waals surface area contributed by atoms with E-state index in [4.69, 9.17) is 4.74 Å². The van der Waals surface area contributed by atoms with Gasteiger partial charge in [-0.15, -0.1) is 0 Å². The molecule has 0 saturated carbocycles. The Morgan fingerprint density at radius 2 is 1.83 bits per heavy atom. The first kappa shape index (κ1) is 21.0. The molecule has 1 aliphatic heterocycles. The van der Waals surface area contributed by atoms with Gasteiger partial charge in [0.05, 0.1) is 30.2 Å². The molecule has 2 aromatic rings. The standard InChI is InChI=1S/C21H24F3N3O2/c1-14-3-4-16(15(2)11-14)13-25-20(28)26-18-12-17(21(22,23)24)5-6-19(18)27-7-9-29-10-8-27/h3-6,11-12H,7-10,13H2,1-2H3,(H2,25,26,28). The van der Waals surface area contributed by atoms with Gasteiger partial charge in [-0.25, -0.2) is 4.79 Å². The average Bonchev–Trinajstić information content (AvgIpc) is 2.67. The Balaban J connectivity index is 1.76. The number of alkyl halides is 3. The highest BCUT2D eigenvalue weighted by Gasteiger charge is 2.32. The molecule has 0 unspecified atom stereocenters. The van der Waals surface area contributed by atoms with Crippen LogP contribution in [0.1, 0.15) is 22.3 Å². The van der Waals surface area contributed by atoms with Crippen LogP contribution in [0.3, 0.4) is 0 Å². The molecule has 0 bridgehead atoms. The molecule has 1 fully saturated rings. The fourth-order valence-electron chi connectivity index (χ4n) is 3.28. The van der Waals surface area contributed by atoms with Crippen LogP contribution >= 0.6 is 0 Å². The van der Waals surface area contributed by atoms with Crippen LogP contribution in [0, 0.1) is 13.8 Å². The third kappa shape index (κ3) is 5.41. The molecule has 3 rings (SSSR count). The van der Waals surface area contributed by atoms with E-state index in [9.17, 15) is 18.0 Å². The number of halogens is 3. The second-order valence-electron chi connectivity index (χ2n) is 7.07. The molecule has 5 nitrogen and oxygen atoms in total. The van der Waals surface area contributed by atoms with Gasteiger partial charge in [0.15, 0.2) is 0 Å². The Labute approximate surface area is 167 Å². The lowest BCUT2D eigenvalue weighted by molar-refractivity contribution is -0.137. The van der Waals surface area contributed by atoms with Crippen molar-refractivity contribution in [1.29, 1.82) is 0 Å². The number of nitrogens with zero attached hydrogens (tertiary/aromatic N) is 1. The lowest BCUT2D eigenvalue weighted by atomic mass is 10.1. The molecule has 2 N–H and O–H groups in total. The van der Waals surface area contributed by atoms with Crippen LogP contribution in [0.5, 0.6) is 0 Å². The third-order valence-electron chi connectivity index (χ3n) is 4.86. The number of benzene rings is 2. The largest absolute Gasteiger partial charge is 0.416 e. The van der Waals surface area contributed by atoms with Gasteiger partial charge in [-0.05, 0) is 43.2 Å². The minimum Gasteiger partial charge on any atom is -0.378 e. The molecule has 29 heavy (non-hydrogen) atoms. The lowest BCUT2D eigenvalue weighted by Gasteiger charge is -2.31.